The molecule has 0 aliphatic heterocycles. The van der Waals surface area contributed by atoms with Crippen LogP contribution in [-0.2, 0) is 14.6 Å². The zero-order chi connectivity index (χ0) is 11.2. The Kier molecular flexibility index (Phi) is 5.63. The van der Waals surface area contributed by atoms with Crippen LogP contribution in [0.4, 0.5) is 0 Å². The van der Waals surface area contributed by atoms with Crippen molar-refractivity contribution in [2.45, 2.75) is 32.7 Å². The molecule has 0 aliphatic carbocycles. The van der Waals surface area contributed by atoms with Gasteiger partial charge in [0, 0.05) is 18.8 Å². The standard InChI is InChI=1S/C9H21NO3S/c1-4-13-6-5-7-14(11,12)8-9(2,3)10/h4-8,10H2,1-3H3. The van der Waals surface area contributed by atoms with Gasteiger partial charge in [-0.2, -0.15) is 0 Å². The van der Waals surface area contributed by atoms with Gasteiger partial charge < -0.3 is 10.5 Å². The van der Waals surface area contributed by atoms with Crippen molar-refractivity contribution in [3.8, 4) is 0 Å². The lowest BCUT2D eigenvalue weighted by atomic mass is 10.1. The molecule has 4 nitrogen and oxygen atoms in total. The van der Waals surface area contributed by atoms with Crippen molar-refractivity contribution in [2.75, 3.05) is 24.7 Å². The third-order valence-corrected chi connectivity index (χ3v) is 3.63. The van der Waals surface area contributed by atoms with Crippen molar-refractivity contribution in [3.63, 3.8) is 0 Å². The van der Waals surface area contributed by atoms with E-state index in [1.54, 1.807) is 13.8 Å². The maximum Gasteiger partial charge on any atom is 0.152 e. The van der Waals surface area contributed by atoms with E-state index in [1.807, 2.05) is 6.92 Å². The van der Waals surface area contributed by atoms with Gasteiger partial charge in [0.1, 0.15) is 0 Å². The molecule has 0 aromatic carbocycles. The molecule has 0 amide bonds. The van der Waals surface area contributed by atoms with Crippen molar-refractivity contribution in [1.29, 1.82) is 0 Å². The van der Waals surface area contributed by atoms with Gasteiger partial charge in [-0.05, 0) is 27.2 Å². The van der Waals surface area contributed by atoms with E-state index in [1.165, 1.54) is 0 Å². The molecular weight excluding hydrogens is 202 g/mol. The van der Waals surface area contributed by atoms with Crippen LogP contribution in [0.25, 0.3) is 0 Å². The second-order valence-electron chi connectivity index (χ2n) is 4.13. The minimum absolute atomic E-state index is 0.0339. The van der Waals surface area contributed by atoms with Crippen LogP contribution in [0.2, 0.25) is 0 Å². The topological polar surface area (TPSA) is 69.4 Å². The van der Waals surface area contributed by atoms with E-state index in [4.69, 9.17) is 10.5 Å². The minimum Gasteiger partial charge on any atom is -0.382 e. The van der Waals surface area contributed by atoms with Crippen molar-refractivity contribution >= 4 is 9.84 Å². The lowest BCUT2D eigenvalue weighted by Gasteiger charge is -2.17. The second kappa shape index (κ2) is 5.68. The molecule has 0 rings (SSSR count). The SMILES string of the molecule is CCOCCCS(=O)(=O)CC(C)(C)N. The smallest absolute Gasteiger partial charge is 0.152 e. The number of sulfone groups is 1. The molecule has 0 aromatic heterocycles. The molecule has 0 spiro atoms. The highest BCUT2D eigenvalue weighted by Gasteiger charge is 2.21. The van der Waals surface area contributed by atoms with Crippen LogP contribution in [0.3, 0.4) is 0 Å². The zero-order valence-corrected chi connectivity index (χ0v) is 10.1. The Labute approximate surface area is 86.7 Å². The van der Waals surface area contributed by atoms with Crippen molar-refractivity contribution in [3.05, 3.63) is 0 Å². The van der Waals surface area contributed by atoms with E-state index in [-0.39, 0.29) is 11.5 Å². The van der Waals surface area contributed by atoms with Gasteiger partial charge in [0.2, 0.25) is 0 Å². The van der Waals surface area contributed by atoms with Gasteiger partial charge in [-0.15, -0.1) is 0 Å². The van der Waals surface area contributed by atoms with E-state index in [9.17, 15) is 8.42 Å². The molecule has 14 heavy (non-hydrogen) atoms. The third-order valence-electron chi connectivity index (χ3n) is 1.54. The Bertz CT molecular complexity index is 241. The molecule has 0 aromatic rings. The van der Waals surface area contributed by atoms with Crippen LogP contribution in [0, 0.1) is 0 Å². The summed E-state index contributed by atoms with van der Waals surface area (Å²) in [6, 6.07) is 0. The predicted molar refractivity (Wildman–Crippen MR) is 58.0 cm³/mol. The normalized spacial score (nSPS) is 13.1. The van der Waals surface area contributed by atoms with Crippen molar-refractivity contribution in [1.82, 2.24) is 0 Å². The lowest BCUT2D eigenvalue weighted by molar-refractivity contribution is 0.148. The summed E-state index contributed by atoms with van der Waals surface area (Å²) in [5.41, 5.74) is 4.99. The second-order valence-corrected chi connectivity index (χ2v) is 6.32. The van der Waals surface area contributed by atoms with Gasteiger partial charge in [0.25, 0.3) is 0 Å². The van der Waals surface area contributed by atoms with Crippen LogP contribution < -0.4 is 5.73 Å². The van der Waals surface area contributed by atoms with Gasteiger partial charge in [-0.1, -0.05) is 0 Å². The number of rotatable bonds is 7. The lowest BCUT2D eigenvalue weighted by Crippen LogP contribution is -2.40. The quantitative estimate of drug-likeness (QED) is 0.640. The Morgan fingerprint density at radius 3 is 2.36 bits per heavy atom. The molecule has 0 bridgehead atoms. The highest BCUT2D eigenvalue weighted by Crippen LogP contribution is 2.04. The van der Waals surface area contributed by atoms with Gasteiger partial charge in [-0.25, -0.2) is 8.42 Å². The van der Waals surface area contributed by atoms with E-state index in [2.05, 4.69) is 0 Å². The molecule has 0 aliphatic rings. The average Bonchev–Trinajstić information content (AvgIpc) is 1.93. The van der Waals surface area contributed by atoms with E-state index >= 15 is 0 Å². The molecule has 0 fully saturated rings. The zero-order valence-electron chi connectivity index (χ0n) is 9.25. The summed E-state index contributed by atoms with van der Waals surface area (Å²) in [5.74, 6) is 0.194. The molecule has 0 heterocycles. The number of hydrogen-bond donors (Lipinski definition) is 1. The Morgan fingerprint density at radius 1 is 1.36 bits per heavy atom. The number of nitrogens with two attached hydrogens (primary N) is 1. The highest BCUT2D eigenvalue weighted by atomic mass is 32.2. The molecule has 5 heteroatoms. The van der Waals surface area contributed by atoms with Gasteiger partial charge >= 0.3 is 0 Å². The number of ether oxygens (including phenoxy) is 1. The first-order valence-electron chi connectivity index (χ1n) is 4.84. The maximum absolute atomic E-state index is 11.5. The first-order chi connectivity index (χ1) is 6.27. The summed E-state index contributed by atoms with van der Waals surface area (Å²) in [6.45, 7) is 6.45. The van der Waals surface area contributed by atoms with E-state index < -0.39 is 15.4 Å². The number of hydrogen-bond acceptors (Lipinski definition) is 4. The van der Waals surface area contributed by atoms with Crippen LogP contribution in [0.1, 0.15) is 27.2 Å². The Morgan fingerprint density at radius 2 is 1.93 bits per heavy atom. The molecule has 0 saturated heterocycles. The third kappa shape index (κ3) is 8.47. The average molecular weight is 223 g/mol. The molecular formula is C9H21NO3S. The Balaban J connectivity index is 3.86. The van der Waals surface area contributed by atoms with Gasteiger partial charge in [-0.3, -0.25) is 0 Å². The van der Waals surface area contributed by atoms with Gasteiger partial charge in [0.15, 0.2) is 9.84 Å². The summed E-state index contributed by atoms with van der Waals surface area (Å²) < 4.78 is 28.0. The highest BCUT2D eigenvalue weighted by molar-refractivity contribution is 7.91. The van der Waals surface area contributed by atoms with E-state index in [0.29, 0.717) is 19.6 Å². The predicted octanol–water partition coefficient (Wildman–Crippen LogP) is 0.565. The van der Waals surface area contributed by atoms with Crippen molar-refractivity contribution in [2.24, 2.45) is 5.73 Å². The summed E-state index contributed by atoms with van der Waals surface area (Å²) in [4.78, 5) is 0. The largest absolute Gasteiger partial charge is 0.382 e. The summed E-state index contributed by atoms with van der Waals surface area (Å²) in [5, 5.41) is 0. The molecule has 0 saturated carbocycles. The van der Waals surface area contributed by atoms with Crippen molar-refractivity contribution < 1.29 is 13.2 Å². The first-order valence-corrected chi connectivity index (χ1v) is 6.66. The van der Waals surface area contributed by atoms with Crippen LogP contribution >= 0.6 is 0 Å². The summed E-state index contributed by atoms with van der Waals surface area (Å²) >= 11 is 0. The first kappa shape index (κ1) is 13.9. The molecule has 0 unspecified atom stereocenters. The fourth-order valence-corrected chi connectivity index (χ4v) is 3.00. The van der Waals surface area contributed by atoms with Crippen LogP contribution in [0.5, 0.6) is 0 Å². The van der Waals surface area contributed by atoms with Crippen LogP contribution in [0.15, 0.2) is 0 Å². The van der Waals surface area contributed by atoms with Gasteiger partial charge in [0.05, 0.1) is 11.5 Å². The van der Waals surface area contributed by atoms with E-state index in [0.717, 1.165) is 0 Å². The molecule has 0 atom stereocenters. The fraction of sp³-hybridized carbons (Fsp3) is 1.00. The summed E-state index contributed by atoms with van der Waals surface area (Å²) in [7, 11) is -3.02. The molecule has 0 radical (unpaired) electrons. The monoisotopic (exact) mass is 223 g/mol. The molecule has 2 N–H and O–H groups in total. The maximum atomic E-state index is 11.5. The minimum atomic E-state index is -3.02. The molecule has 86 valence electrons. The van der Waals surface area contributed by atoms with Crippen LogP contribution in [-0.4, -0.2) is 38.7 Å². The Hall–Kier alpha value is -0.130. The summed E-state index contributed by atoms with van der Waals surface area (Å²) in [6.07, 6.45) is 0.548. The fourth-order valence-electron chi connectivity index (χ4n) is 1.16.